The minimum atomic E-state index is -3.40. The highest BCUT2D eigenvalue weighted by atomic mass is 32.2. The number of nitrogens with zero attached hydrogens (tertiary/aromatic N) is 1. The minimum Gasteiger partial charge on any atom is -0.211 e. The Kier molecular flexibility index (Phi) is 5.13. The van der Waals surface area contributed by atoms with Crippen molar-refractivity contribution in [3.05, 3.63) is 29.8 Å². The molecule has 92 valence electrons. The van der Waals surface area contributed by atoms with Crippen molar-refractivity contribution in [2.75, 3.05) is 6.54 Å². The molecule has 0 aliphatic rings. The summed E-state index contributed by atoms with van der Waals surface area (Å²) < 4.78 is 26.1. The molecule has 1 aromatic rings. The standard InChI is InChI=1S/C12H16N2O2S/c1-2-3-10-14-17(15,16)12-6-4-11(5-7-12)8-9-13/h4-7,14H,2-3,8,10H2,1H3. The molecule has 0 fully saturated rings. The number of sulfonamides is 1. The number of hydrogen-bond acceptors (Lipinski definition) is 3. The van der Waals surface area contributed by atoms with Crippen LogP contribution in [0.25, 0.3) is 0 Å². The quantitative estimate of drug-likeness (QED) is 0.785. The summed E-state index contributed by atoms with van der Waals surface area (Å²) >= 11 is 0. The largest absolute Gasteiger partial charge is 0.240 e. The van der Waals surface area contributed by atoms with E-state index < -0.39 is 10.0 Å². The Morgan fingerprint density at radius 2 is 1.94 bits per heavy atom. The van der Waals surface area contributed by atoms with Crippen LogP contribution in [-0.2, 0) is 16.4 Å². The summed E-state index contributed by atoms with van der Waals surface area (Å²) in [5.74, 6) is 0. The monoisotopic (exact) mass is 252 g/mol. The number of unbranched alkanes of at least 4 members (excludes halogenated alkanes) is 1. The van der Waals surface area contributed by atoms with Crippen LogP contribution in [-0.4, -0.2) is 15.0 Å². The van der Waals surface area contributed by atoms with Crippen LogP contribution >= 0.6 is 0 Å². The molecule has 0 unspecified atom stereocenters. The highest BCUT2D eigenvalue weighted by Crippen LogP contribution is 2.10. The van der Waals surface area contributed by atoms with E-state index in [0.29, 0.717) is 13.0 Å². The Labute approximate surface area is 102 Å². The van der Waals surface area contributed by atoms with Gasteiger partial charge in [-0.3, -0.25) is 0 Å². The van der Waals surface area contributed by atoms with E-state index in [1.54, 1.807) is 12.1 Å². The van der Waals surface area contributed by atoms with Crippen molar-refractivity contribution in [1.29, 1.82) is 5.26 Å². The average molecular weight is 252 g/mol. The van der Waals surface area contributed by atoms with Crippen LogP contribution in [0, 0.1) is 11.3 Å². The fraction of sp³-hybridized carbons (Fsp3) is 0.417. The number of nitriles is 1. The van der Waals surface area contributed by atoms with E-state index >= 15 is 0 Å². The third kappa shape index (κ3) is 4.17. The van der Waals surface area contributed by atoms with Gasteiger partial charge in [-0.25, -0.2) is 13.1 Å². The van der Waals surface area contributed by atoms with Crippen LogP contribution in [0.2, 0.25) is 0 Å². The molecule has 1 N–H and O–H groups in total. The zero-order chi connectivity index (χ0) is 12.7. The van der Waals surface area contributed by atoms with Crippen molar-refractivity contribution in [3.8, 4) is 6.07 Å². The average Bonchev–Trinajstić information content (AvgIpc) is 2.30. The first-order chi connectivity index (χ1) is 8.10. The highest BCUT2D eigenvalue weighted by Gasteiger charge is 2.12. The van der Waals surface area contributed by atoms with Crippen LogP contribution in [0.3, 0.4) is 0 Å². The number of rotatable bonds is 6. The lowest BCUT2D eigenvalue weighted by Crippen LogP contribution is -2.24. The second-order valence-electron chi connectivity index (χ2n) is 3.73. The van der Waals surface area contributed by atoms with Gasteiger partial charge in [-0.15, -0.1) is 0 Å². The summed E-state index contributed by atoms with van der Waals surface area (Å²) in [7, 11) is -3.40. The Morgan fingerprint density at radius 1 is 1.29 bits per heavy atom. The third-order valence-corrected chi connectivity index (χ3v) is 3.82. The predicted molar refractivity (Wildman–Crippen MR) is 65.9 cm³/mol. The molecule has 1 aromatic carbocycles. The molecule has 17 heavy (non-hydrogen) atoms. The second-order valence-corrected chi connectivity index (χ2v) is 5.50. The number of nitrogens with one attached hydrogen (secondary N) is 1. The van der Waals surface area contributed by atoms with E-state index in [4.69, 9.17) is 5.26 Å². The molecule has 0 aliphatic heterocycles. The Bertz CT molecular complexity index is 486. The Balaban J connectivity index is 2.75. The van der Waals surface area contributed by atoms with Crippen molar-refractivity contribution in [3.63, 3.8) is 0 Å². The normalized spacial score (nSPS) is 11.1. The maximum atomic E-state index is 11.8. The SMILES string of the molecule is CCCCNS(=O)(=O)c1ccc(CC#N)cc1. The van der Waals surface area contributed by atoms with Gasteiger partial charge in [0.2, 0.25) is 10.0 Å². The Morgan fingerprint density at radius 3 is 2.47 bits per heavy atom. The molecule has 0 bridgehead atoms. The second kappa shape index (κ2) is 6.38. The van der Waals surface area contributed by atoms with Gasteiger partial charge >= 0.3 is 0 Å². The van der Waals surface area contributed by atoms with Crippen LogP contribution in [0.5, 0.6) is 0 Å². The van der Waals surface area contributed by atoms with Crippen molar-refractivity contribution in [1.82, 2.24) is 4.72 Å². The van der Waals surface area contributed by atoms with Gasteiger partial charge in [0, 0.05) is 6.54 Å². The molecule has 0 aromatic heterocycles. The lowest BCUT2D eigenvalue weighted by atomic mass is 10.2. The van der Waals surface area contributed by atoms with Gasteiger partial charge < -0.3 is 0 Å². The lowest BCUT2D eigenvalue weighted by Gasteiger charge is -2.06. The molecule has 0 amide bonds. The minimum absolute atomic E-state index is 0.246. The summed E-state index contributed by atoms with van der Waals surface area (Å²) in [6.07, 6.45) is 2.07. The van der Waals surface area contributed by atoms with Crippen LogP contribution in [0.15, 0.2) is 29.2 Å². The predicted octanol–water partition coefficient (Wildman–Crippen LogP) is 1.83. The molecule has 0 spiro atoms. The molecule has 0 saturated heterocycles. The molecule has 0 radical (unpaired) electrons. The van der Waals surface area contributed by atoms with E-state index in [2.05, 4.69) is 4.72 Å². The van der Waals surface area contributed by atoms with Crippen molar-refractivity contribution < 1.29 is 8.42 Å². The van der Waals surface area contributed by atoms with Crippen molar-refractivity contribution in [2.45, 2.75) is 31.1 Å². The van der Waals surface area contributed by atoms with Crippen LogP contribution in [0.1, 0.15) is 25.3 Å². The van der Waals surface area contributed by atoms with Crippen LogP contribution < -0.4 is 4.72 Å². The lowest BCUT2D eigenvalue weighted by molar-refractivity contribution is 0.578. The Hall–Kier alpha value is -1.38. The molecule has 0 atom stereocenters. The zero-order valence-electron chi connectivity index (χ0n) is 9.81. The van der Waals surface area contributed by atoms with Gasteiger partial charge in [0.05, 0.1) is 17.4 Å². The first kappa shape index (κ1) is 13.7. The van der Waals surface area contributed by atoms with E-state index in [0.717, 1.165) is 18.4 Å². The number of hydrogen-bond donors (Lipinski definition) is 1. The van der Waals surface area contributed by atoms with Gasteiger partial charge in [-0.1, -0.05) is 25.5 Å². The van der Waals surface area contributed by atoms with Crippen molar-refractivity contribution in [2.24, 2.45) is 0 Å². The van der Waals surface area contributed by atoms with Crippen molar-refractivity contribution >= 4 is 10.0 Å². The van der Waals surface area contributed by atoms with Gasteiger partial charge in [-0.05, 0) is 24.1 Å². The molecule has 1 rings (SSSR count). The summed E-state index contributed by atoms with van der Waals surface area (Å²) in [6, 6.07) is 8.41. The third-order valence-electron chi connectivity index (χ3n) is 2.34. The summed E-state index contributed by atoms with van der Waals surface area (Å²) in [5, 5.41) is 8.51. The number of benzene rings is 1. The summed E-state index contributed by atoms with van der Waals surface area (Å²) in [5.41, 5.74) is 0.819. The summed E-state index contributed by atoms with van der Waals surface area (Å²) in [6.45, 7) is 2.46. The first-order valence-electron chi connectivity index (χ1n) is 5.55. The van der Waals surface area contributed by atoms with E-state index in [1.165, 1.54) is 12.1 Å². The highest BCUT2D eigenvalue weighted by molar-refractivity contribution is 7.89. The fourth-order valence-corrected chi connectivity index (χ4v) is 2.42. The maximum absolute atomic E-state index is 11.8. The smallest absolute Gasteiger partial charge is 0.211 e. The summed E-state index contributed by atoms with van der Waals surface area (Å²) in [4.78, 5) is 0.246. The van der Waals surface area contributed by atoms with Gasteiger partial charge in [0.25, 0.3) is 0 Å². The molecule has 5 heteroatoms. The van der Waals surface area contributed by atoms with E-state index in [-0.39, 0.29) is 4.90 Å². The molecular weight excluding hydrogens is 236 g/mol. The molecule has 4 nitrogen and oxygen atoms in total. The molecular formula is C12H16N2O2S. The zero-order valence-corrected chi connectivity index (χ0v) is 10.6. The van der Waals surface area contributed by atoms with E-state index in [9.17, 15) is 8.42 Å². The van der Waals surface area contributed by atoms with E-state index in [1.807, 2.05) is 13.0 Å². The molecule has 0 aliphatic carbocycles. The maximum Gasteiger partial charge on any atom is 0.240 e. The van der Waals surface area contributed by atoms with Gasteiger partial charge in [0.1, 0.15) is 0 Å². The van der Waals surface area contributed by atoms with Gasteiger partial charge in [0.15, 0.2) is 0 Å². The van der Waals surface area contributed by atoms with Gasteiger partial charge in [-0.2, -0.15) is 5.26 Å². The van der Waals surface area contributed by atoms with Crippen LogP contribution in [0.4, 0.5) is 0 Å². The first-order valence-corrected chi connectivity index (χ1v) is 7.04. The topological polar surface area (TPSA) is 70.0 Å². The molecule has 0 heterocycles. The fourth-order valence-electron chi connectivity index (χ4n) is 1.34. The molecule has 0 saturated carbocycles.